The predicted molar refractivity (Wildman–Crippen MR) is 74.5 cm³/mol. The average molecular weight is 355 g/mol. The first kappa shape index (κ1) is 17.5. The molecule has 1 aromatic carbocycles. The maximum absolute atomic E-state index is 11.9. The molecule has 1 N–H and O–H groups in total. The summed E-state index contributed by atoms with van der Waals surface area (Å²) in [6.07, 6.45) is -2.44. The van der Waals surface area contributed by atoms with Crippen molar-refractivity contribution in [2.24, 2.45) is 5.92 Å². The van der Waals surface area contributed by atoms with Gasteiger partial charge in [0.1, 0.15) is 6.61 Å². The van der Waals surface area contributed by atoms with Crippen molar-refractivity contribution in [2.45, 2.75) is 25.4 Å². The lowest BCUT2D eigenvalue weighted by Crippen LogP contribution is -2.18. The molecule has 0 saturated carbocycles. The number of ether oxygens (including phenoxy) is 1. The van der Waals surface area contributed by atoms with Gasteiger partial charge in [-0.3, -0.25) is 0 Å². The van der Waals surface area contributed by atoms with Gasteiger partial charge in [-0.1, -0.05) is 34.1 Å². The highest BCUT2D eigenvalue weighted by molar-refractivity contribution is 9.10. The summed E-state index contributed by atoms with van der Waals surface area (Å²) in [5.74, 6) is 0.0307. The molecule has 0 spiro atoms. The quantitative estimate of drug-likeness (QED) is 0.716. The van der Waals surface area contributed by atoms with Crippen LogP contribution in [0, 0.1) is 5.92 Å². The van der Waals surface area contributed by atoms with Gasteiger partial charge in [0.15, 0.2) is 0 Å². The van der Waals surface area contributed by atoms with Gasteiger partial charge in [0, 0.05) is 17.7 Å². The Morgan fingerprint density at radius 3 is 2.55 bits per heavy atom. The summed E-state index contributed by atoms with van der Waals surface area (Å²) < 4.78 is 41.1. The van der Waals surface area contributed by atoms with Crippen LogP contribution in [0.4, 0.5) is 13.2 Å². The minimum Gasteiger partial charge on any atom is -0.396 e. The van der Waals surface area contributed by atoms with Gasteiger partial charge in [-0.15, -0.1) is 0 Å². The molecule has 0 heterocycles. The fourth-order valence-corrected chi connectivity index (χ4v) is 2.34. The third-order valence-corrected chi connectivity index (χ3v) is 3.67. The van der Waals surface area contributed by atoms with Crippen LogP contribution in [0.15, 0.2) is 28.7 Å². The number of hydrogen-bond acceptors (Lipinski definition) is 2. The van der Waals surface area contributed by atoms with E-state index >= 15 is 0 Å². The summed E-state index contributed by atoms with van der Waals surface area (Å²) in [6, 6.07) is 7.72. The summed E-state index contributed by atoms with van der Waals surface area (Å²) in [7, 11) is 0. The Labute approximate surface area is 125 Å². The number of aliphatic hydroxyl groups excluding tert-OH is 1. The molecule has 20 heavy (non-hydrogen) atoms. The Balaban J connectivity index is 2.28. The first-order valence-corrected chi connectivity index (χ1v) is 7.20. The van der Waals surface area contributed by atoms with Gasteiger partial charge in [-0.2, -0.15) is 13.2 Å². The molecule has 0 radical (unpaired) electrons. The van der Waals surface area contributed by atoms with Gasteiger partial charge in [0.05, 0.1) is 0 Å². The van der Waals surface area contributed by atoms with Crippen LogP contribution in [-0.4, -0.2) is 31.1 Å². The highest BCUT2D eigenvalue weighted by atomic mass is 79.9. The van der Waals surface area contributed by atoms with Gasteiger partial charge in [0.25, 0.3) is 0 Å². The molecule has 1 atom stereocenters. The molecule has 6 heteroatoms. The lowest BCUT2D eigenvalue weighted by Gasteiger charge is -2.15. The Morgan fingerprint density at radius 1 is 1.25 bits per heavy atom. The highest BCUT2D eigenvalue weighted by Crippen LogP contribution is 2.21. The second kappa shape index (κ2) is 8.64. The molecule has 0 aromatic heterocycles. The first-order valence-electron chi connectivity index (χ1n) is 6.41. The molecule has 1 unspecified atom stereocenters. The molecule has 1 aromatic rings. The number of halogens is 4. The van der Waals surface area contributed by atoms with Crippen LogP contribution in [0.5, 0.6) is 0 Å². The molecule has 1 rings (SSSR count). The van der Waals surface area contributed by atoms with Crippen molar-refractivity contribution in [3.05, 3.63) is 34.3 Å². The molecule has 0 aliphatic rings. The maximum Gasteiger partial charge on any atom is 0.411 e. The van der Waals surface area contributed by atoms with E-state index in [1.54, 1.807) is 0 Å². The fourth-order valence-electron chi connectivity index (χ4n) is 1.89. The average Bonchev–Trinajstić information content (AvgIpc) is 2.38. The molecule has 0 fully saturated rings. The first-order chi connectivity index (χ1) is 9.42. The largest absolute Gasteiger partial charge is 0.411 e. The van der Waals surface area contributed by atoms with Crippen molar-refractivity contribution < 1.29 is 23.0 Å². The van der Waals surface area contributed by atoms with E-state index in [0.717, 1.165) is 10.0 Å². The fraction of sp³-hybridized carbons (Fsp3) is 0.571. The van der Waals surface area contributed by atoms with Gasteiger partial charge < -0.3 is 9.84 Å². The molecule has 0 saturated heterocycles. The van der Waals surface area contributed by atoms with Gasteiger partial charge in [-0.05, 0) is 36.8 Å². The normalized spacial score (nSPS) is 13.4. The minimum atomic E-state index is -4.27. The highest BCUT2D eigenvalue weighted by Gasteiger charge is 2.27. The topological polar surface area (TPSA) is 29.5 Å². The standard InChI is InChI=1S/C14H18BrF3O2/c15-13-6-2-1-5-12(13)8-11(9-19)4-3-7-20-10-14(16,17)18/h1-2,5-6,11,19H,3-4,7-10H2. The van der Waals surface area contributed by atoms with Crippen molar-refractivity contribution in [3.63, 3.8) is 0 Å². The smallest absolute Gasteiger partial charge is 0.396 e. The third kappa shape index (κ3) is 7.26. The van der Waals surface area contributed by atoms with Crippen LogP contribution < -0.4 is 0 Å². The van der Waals surface area contributed by atoms with E-state index in [-0.39, 0.29) is 19.1 Å². The number of rotatable bonds is 8. The van der Waals surface area contributed by atoms with E-state index in [2.05, 4.69) is 20.7 Å². The predicted octanol–water partition coefficient (Wildman–Crippen LogP) is 3.96. The molecule has 0 aliphatic carbocycles. The van der Waals surface area contributed by atoms with Gasteiger partial charge >= 0.3 is 6.18 Å². The third-order valence-electron chi connectivity index (χ3n) is 2.89. The number of hydrogen-bond donors (Lipinski definition) is 1. The monoisotopic (exact) mass is 354 g/mol. The Bertz CT molecular complexity index is 396. The Morgan fingerprint density at radius 2 is 1.95 bits per heavy atom. The van der Waals surface area contributed by atoms with Gasteiger partial charge in [-0.25, -0.2) is 0 Å². The van der Waals surface area contributed by atoms with Crippen molar-refractivity contribution in [1.29, 1.82) is 0 Å². The van der Waals surface area contributed by atoms with Crippen LogP contribution in [0.25, 0.3) is 0 Å². The molecule has 2 nitrogen and oxygen atoms in total. The zero-order valence-electron chi connectivity index (χ0n) is 11.0. The summed E-state index contributed by atoms with van der Waals surface area (Å²) in [5.41, 5.74) is 1.09. The second-order valence-electron chi connectivity index (χ2n) is 4.65. The zero-order chi connectivity index (χ0) is 15.0. The second-order valence-corrected chi connectivity index (χ2v) is 5.51. The van der Waals surface area contributed by atoms with Crippen LogP contribution in [0.2, 0.25) is 0 Å². The van der Waals surface area contributed by atoms with E-state index in [9.17, 15) is 18.3 Å². The lowest BCUT2D eigenvalue weighted by atomic mass is 9.96. The zero-order valence-corrected chi connectivity index (χ0v) is 12.6. The van der Waals surface area contributed by atoms with Crippen LogP contribution in [0.3, 0.4) is 0 Å². The van der Waals surface area contributed by atoms with E-state index in [1.165, 1.54) is 0 Å². The van der Waals surface area contributed by atoms with Crippen molar-refractivity contribution in [2.75, 3.05) is 19.8 Å². The minimum absolute atomic E-state index is 0.0145. The number of benzene rings is 1. The molecular weight excluding hydrogens is 337 g/mol. The number of aliphatic hydroxyl groups is 1. The summed E-state index contributed by atoms with van der Waals surface area (Å²) in [6.45, 7) is -1.13. The summed E-state index contributed by atoms with van der Waals surface area (Å²) in [5, 5.41) is 9.33. The van der Waals surface area contributed by atoms with E-state index in [4.69, 9.17) is 0 Å². The number of alkyl halides is 3. The summed E-state index contributed by atoms with van der Waals surface area (Å²) >= 11 is 3.44. The maximum atomic E-state index is 11.9. The summed E-state index contributed by atoms with van der Waals surface area (Å²) in [4.78, 5) is 0. The lowest BCUT2D eigenvalue weighted by molar-refractivity contribution is -0.174. The van der Waals surface area contributed by atoms with Crippen molar-refractivity contribution >= 4 is 15.9 Å². The van der Waals surface area contributed by atoms with E-state index in [1.807, 2.05) is 24.3 Å². The van der Waals surface area contributed by atoms with Crippen LogP contribution in [0.1, 0.15) is 18.4 Å². The van der Waals surface area contributed by atoms with Gasteiger partial charge in [0.2, 0.25) is 0 Å². The Hall–Kier alpha value is -0.590. The molecule has 114 valence electrons. The van der Waals surface area contributed by atoms with E-state index < -0.39 is 12.8 Å². The van der Waals surface area contributed by atoms with Crippen molar-refractivity contribution in [3.8, 4) is 0 Å². The van der Waals surface area contributed by atoms with Crippen LogP contribution in [-0.2, 0) is 11.2 Å². The van der Waals surface area contributed by atoms with Crippen LogP contribution >= 0.6 is 15.9 Å². The van der Waals surface area contributed by atoms with E-state index in [0.29, 0.717) is 19.3 Å². The Kier molecular flexibility index (Phi) is 7.55. The molecule has 0 amide bonds. The molecule has 0 aliphatic heterocycles. The SMILES string of the molecule is OCC(CCCOCC(F)(F)F)Cc1ccccc1Br. The van der Waals surface area contributed by atoms with Crippen molar-refractivity contribution in [1.82, 2.24) is 0 Å². The molecular formula is C14H18BrF3O2. The molecule has 0 bridgehead atoms.